The summed E-state index contributed by atoms with van der Waals surface area (Å²) in [5, 5.41) is 8.01. The summed E-state index contributed by atoms with van der Waals surface area (Å²) in [7, 11) is 2.01. The summed E-state index contributed by atoms with van der Waals surface area (Å²) in [6, 6.07) is 13.3. The largest absolute Gasteiger partial charge is 0.319 e. The van der Waals surface area contributed by atoms with Gasteiger partial charge in [0.1, 0.15) is 0 Å². The summed E-state index contributed by atoms with van der Waals surface area (Å²) < 4.78 is 2.08. The van der Waals surface area contributed by atoms with E-state index >= 15 is 0 Å². The minimum Gasteiger partial charge on any atom is -0.319 e. The molecular weight excluding hydrogens is 246 g/mol. The number of nitrogens with zero attached hydrogens (tertiary/aromatic N) is 2. The summed E-state index contributed by atoms with van der Waals surface area (Å²) in [4.78, 5) is 0. The number of aromatic nitrogens is 2. The molecule has 0 aliphatic heterocycles. The summed E-state index contributed by atoms with van der Waals surface area (Å²) in [5.41, 5.74) is 2.55. The van der Waals surface area contributed by atoms with E-state index in [1.54, 1.807) is 0 Å². The van der Waals surface area contributed by atoms with Gasteiger partial charge in [0.2, 0.25) is 0 Å². The maximum Gasteiger partial charge on any atom is 0.0631 e. The van der Waals surface area contributed by atoms with Gasteiger partial charge in [0, 0.05) is 24.7 Å². The Bertz CT molecular complexity index is 504. The SMILES string of the molecule is CCC(C)n1ccc(CC(CNC)c2ccccc2)n1. The van der Waals surface area contributed by atoms with Crippen LogP contribution in [-0.2, 0) is 6.42 Å². The third kappa shape index (κ3) is 3.70. The van der Waals surface area contributed by atoms with Gasteiger partial charge in [-0.1, -0.05) is 37.3 Å². The molecule has 0 bridgehead atoms. The molecule has 1 aromatic carbocycles. The molecule has 2 rings (SSSR count). The smallest absolute Gasteiger partial charge is 0.0631 e. The molecule has 108 valence electrons. The Morgan fingerprint density at radius 3 is 2.60 bits per heavy atom. The number of nitrogens with one attached hydrogen (secondary N) is 1. The van der Waals surface area contributed by atoms with Crippen molar-refractivity contribution in [1.29, 1.82) is 0 Å². The van der Waals surface area contributed by atoms with E-state index in [1.807, 2.05) is 7.05 Å². The average Bonchev–Trinajstić information content (AvgIpc) is 2.95. The number of hydrogen-bond acceptors (Lipinski definition) is 2. The molecule has 0 fully saturated rings. The normalized spacial score (nSPS) is 14.2. The first-order valence-electron chi connectivity index (χ1n) is 7.48. The molecule has 0 saturated carbocycles. The molecule has 3 nitrogen and oxygen atoms in total. The minimum absolute atomic E-state index is 0.474. The van der Waals surface area contributed by atoms with E-state index in [-0.39, 0.29) is 0 Å². The number of rotatable bonds is 7. The zero-order valence-electron chi connectivity index (χ0n) is 12.7. The van der Waals surface area contributed by atoms with Gasteiger partial charge in [-0.15, -0.1) is 0 Å². The predicted molar refractivity (Wildman–Crippen MR) is 84.0 cm³/mol. The van der Waals surface area contributed by atoms with Crippen LogP contribution in [0.5, 0.6) is 0 Å². The summed E-state index contributed by atoms with van der Waals surface area (Å²) in [6.45, 7) is 5.37. The topological polar surface area (TPSA) is 29.9 Å². The van der Waals surface area contributed by atoms with Crippen LogP contribution in [-0.4, -0.2) is 23.4 Å². The van der Waals surface area contributed by atoms with Crippen LogP contribution >= 0.6 is 0 Å². The van der Waals surface area contributed by atoms with E-state index < -0.39 is 0 Å². The molecule has 0 aliphatic carbocycles. The molecule has 2 aromatic rings. The lowest BCUT2D eigenvalue weighted by molar-refractivity contribution is 0.471. The molecule has 0 aliphatic rings. The van der Waals surface area contributed by atoms with Crippen LogP contribution in [0.15, 0.2) is 42.6 Å². The fourth-order valence-electron chi connectivity index (χ4n) is 2.45. The molecular formula is C17H25N3. The fourth-order valence-corrected chi connectivity index (χ4v) is 2.45. The van der Waals surface area contributed by atoms with Crippen molar-refractivity contribution in [2.24, 2.45) is 0 Å². The maximum absolute atomic E-state index is 4.72. The summed E-state index contributed by atoms with van der Waals surface area (Å²) in [5.74, 6) is 0.474. The van der Waals surface area contributed by atoms with Crippen molar-refractivity contribution >= 4 is 0 Å². The van der Waals surface area contributed by atoms with E-state index in [0.29, 0.717) is 12.0 Å². The zero-order chi connectivity index (χ0) is 14.4. The molecule has 1 N–H and O–H groups in total. The number of likely N-dealkylation sites (N-methyl/N-ethyl adjacent to an activating group) is 1. The monoisotopic (exact) mass is 271 g/mol. The molecule has 1 heterocycles. The Kier molecular flexibility index (Phi) is 5.36. The Balaban J connectivity index is 2.10. The second-order valence-corrected chi connectivity index (χ2v) is 5.41. The van der Waals surface area contributed by atoms with Gasteiger partial charge < -0.3 is 5.32 Å². The standard InChI is InChI=1S/C17H25N3/c1-4-14(2)20-11-10-17(19-20)12-16(13-18-3)15-8-6-5-7-9-15/h5-11,14,16,18H,4,12-13H2,1-3H3. The highest BCUT2D eigenvalue weighted by atomic mass is 15.3. The second kappa shape index (κ2) is 7.25. The first kappa shape index (κ1) is 14.8. The van der Waals surface area contributed by atoms with Crippen molar-refractivity contribution in [3.8, 4) is 0 Å². The van der Waals surface area contributed by atoms with Crippen LogP contribution < -0.4 is 5.32 Å². The van der Waals surface area contributed by atoms with Gasteiger partial charge in [-0.05, 0) is 38.4 Å². The Labute approximate surface area is 122 Å². The average molecular weight is 271 g/mol. The van der Waals surface area contributed by atoms with E-state index in [9.17, 15) is 0 Å². The van der Waals surface area contributed by atoms with Crippen LogP contribution in [0.2, 0.25) is 0 Å². The molecule has 2 atom stereocenters. The van der Waals surface area contributed by atoms with Crippen molar-refractivity contribution in [3.63, 3.8) is 0 Å². The van der Waals surface area contributed by atoms with Gasteiger partial charge in [-0.3, -0.25) is 4.68 Å². The quantitative estimate of drug-likeness (QED) is 0.836. The molecule has 20 heavy (non-hydrogen) atoms. The van der Waals surface area contributed by atoms with E-state index in [2.05, 4.69) is 66.4 Å². The number of hydrogen-bond donors (Lipinski definition) is 1. The Morgan fingerprint density at radius 2 is 1.95 bits per heavy atom. The van der Waals surface area contributed by atoms with E-state index in [1.165, 1.54) is 11.3 Å². The molecule has 3 heteroatoms. The molecule has 1 aromatic heterocycles. The molecule has 0 saturated heterocycles. The van der Waals surface area contributed by atoms with Crippen molar-refractivity contribution in [2.45, 2.75) is 38.6 Å². The van der Waals surface area contributed by atoms with E-state index in [0.717, 1.165) is 19.4 Å². The Hall–Kier alpha value is -1.61. The lowest BCUT2D eigenvalue weighted by Crippen LogP contribution is -2.19. The van der Waals surface area contributed by atoms with Crippen molar-refractivity contribution in [2.75, 3.05) is 13.6 Å². The van der Waals surface area contributed by atoms with Crippen LogP contribution in [0.3, 0.4) is 0 Å². The second-order valence-electron chi connectivity index (χ2n) is 5.41. The van der Waals surface area contributed by atoms with Crippen LogP contribution in [0, 0.1) is 0 Å². The maximum atomic E-state index is 4.72. The zero-order valence-corrected chi connectivity index (χ0v) is 12.7. The highest BCUT2D eigenvalue weighted by Gasteiger charge is 2.13. The van der Waals surface area contributed by atoms with Crippen LogP contribution in [0.1, 0.15) is 43.5 Å². The molecule has 0 spiro atoms. The predicted octanol–water partition coefficient (Wildman–Crippen LogP) is 3.40. The molecule has 0 radical (unpaired) electrons. The first-order chi connectivity index (χ1) is 9.74. The molecule has 0 amide bonds. The third-order valence-electron chi connectivity index (χ3n) is 3.88. The van der Waals surface area contributed by atoms with Crippen molar-refractivity contribution in [3.05, 3.63) is 53.9 Å². The highest BCUT2D eigenvalue weighted by Crippen LogP contribution is 2.20. The third-order valence-corrected chi connectivity index (χ3v) is 3.88. The Morgan fingerprint density at radius 1 is 1.20 bits per heavy atom. The van der Waals surface area contributed by atoms with Crippen molar-refractivity contribution in [1.82, 2.24) is 15.1 Å². The minimum atomic E-state index is 0.474. The van der Waals surface area contributed by atoms with E-state index in [4.69, 9.17) is 5.10 Å². The van der Waals surface area contributed by atoms with Crippen LogP contribution in [0.4, 0.5) is 0 Å². The lowest BCUT2D eigenvalue weighted by atomic mass is 9.94. The first-order valence-corrected chi connectivity index (χ1v) is 7.48. The van der Waals surface area contributed by atoms with Gasteiger partial charge >= 0.3 is 0 Å². The van der Waals surface area contributed by atoms with Gasteiger partial charge in [0.05, 0.1) is 5.69 Å². The van der Waals surface area contributed by atoms with Gasteiger partial charge in [-0.25, -0.2) is 0 Å². The van der Waals surface area contributed by atoms with Gasteiger partial charge in [-0.2, -0.15) is 5.10 Å². The lowest BCUT2D eigenvalue weighted by Gasteiger charge is -2.16. The molecule has 2 unspecified atom stereocenters. The van der Waals surface area contributed by atoms with Crippen LogP contribution in [0.25, 0.3) is 0 Å². The number of benzene rings is 1. The van der Waals surface area contributed by atoms with Crippen molar-refractivity contribution < 1.29 is 0 Å². The summed E-state index contributed by atoms with van der Waals surface area (Å²) >= 11 is 0. The summed E-state index contributed by atoms with van der Waals surface area (Å²) in [6.07, 6.45) is 4.19. The van der Waals surface area contributed by atoms with Gasteiger partial charge in [0.25, 0.3) is 0 Å². The fraction of sp³-hybridized carbons (Fsp3) is 0.471. The van der Waals surface area contributed by atoms with Gasteiger partial charge in [0.15, 0.2) is 0 Å². The highest BCUT2D eigenvalue weighted by molar-refractivity contribution is 5.22.